The van der Waals surface area contributed by atoms with E-state index in [0.717, 1.165) is 31.0 Å². The van der Waals surface area contributed by atoms with Gasteiger partial charge in [-0.3, -0.25) is 9.69 Å². The summed E-state index contributed by atoms with van der Waals surface area (Å²) in [4.78, 5) is 14.3. The molecule has 1 saturated heterocycles. The Labute approximate surface area is 124 Å². The maximum atomic E-state index is 12.0. The minimum atomic E-state index is -0.344. The smallest absolute Gasteiger partial charge is 0.250 e. The highest BCUT2D eigenvalue weighted by atomic mass is 35.5. The van der Waals surface area contributed by atoms with Crippen molar-refractivity contribution in [2.45, 2.75) is 31.5 Å². The average molecular weight is 295 g/mol. The van der Waals surface area contributed by atoms with Crippen LogP contribution < -0.4 is 5.32 Å². The molecule has 2 fully saturated rings. The third-order valence-corrected chi connectivity index (χ3v) is 3.90. The topological polar surface area (TPSA) is 41.6 Å². The van der Waals surface area contributed by atoms with E-state index < -0.39 is 0 Å². The van der Waals surface area contributed by atoms with E-state index in [9.17, 15) is 4.79 Å². The van der Waals surface area contributed by atoms with E-state index in [-0.39, 0.29) is 12.0 Å². The van der Waals surface area contributed by atoms with E-state index in [0.29, 0.717) is 19.2 Å². The summed E-state index contributed by atoms with van der Waals surface area (Å²) in [6.45, 7) is 2.89. The van der Waals surface area contributed by atoms with Gasteiger partial charge in [0.1, 0.15) is 6.10 Å². The number of rotatable bonds is 4. The molecule has 108 valence electrons. The summed E-state index contributed by atoms with van der Waals surface area (Å²) in [5, 5.41) is 3.75. The summed E-state index contributed by atoms with van der Waals surface area (Å²) in [5.41, 5.74) is 1.17. The Morgan fingerprint density at radius 2 is 2.30 bits per heavy atom. The Morgan fingerprint density at radius 3 is 3.05 bits per heavy atom. The number of hydrogen-bond donors (Lipinski definition) is 1. The summed E-state index contributed by atoms with van der Waals surface area (Å²) in [6.07, 6.45) is 1.86. The van der Waals surface area contributed by atoms with Gasteiger partial charge in [0.15, 0.2) is 0 Å². The molecule has 1 heterocycles. The summed E-state index contributed by atoms with van der Waals surface area (Å²) >= 11 is 6.00. The number of nitrogens with zero attached hydrogens (tertiary/aromatic N) is 1. The van der Waals surface area contributed by atoms with Gasteiger partial charge in [-0.2, -0.15) is 0 Å². The van der Waals surface area contributed by atoms with Crippen molar-refractivity contribution in [2.75, 3.05) is 19.7 Å². The minimum Gasteiger partial charge on any atom is -0.366 e. The molecule has 1 aliphatic heterocycles. The Balaban J connectivity index is 1.55. The molecule has 1 N–H and O–H groups in total. The largest absolute Gasteiger partial charge is 0.366 e. The van der Waals surface area contributed by atoms with Crippen LogP contribution in [-0.4, -0.2) is 42.6 Å². The van der Waals surface area contributed by atoms with Crippen molar-refractivity contribution >= 4 is 17.5 Å². The van der Waals surface area contributed by atoms with Crippen molar-refractivity contribution in [3.63, 3.8) is 0 Å². The molecule has 1 aromatic carbocycles. The molecule has 1 atom stereocenters. The van der Waals surface area contributed by atoms with Crippen molar-refractivity contribution in [3.05, 3.63) is 34.9 Å². The van der Waals surface area contributed by atoms with Gasteiger partial charge in [0, 0.05) is 30.7 Å². The molecule has 1 saturated carbocycles. The maximum Gasteiger partial charge on any atom is 0.250 e. The van der Waals surface area contributed by atoms with E-state index >= 15 is 0 Å². The summed E-state index contributed by atoms with van der Waals surface area (Å²) in [6, 6.07) is 8.23. The SMILES string of the molecule is O=C(NC1CC1)C1CN(Cc2cccc(Cl)c2)CCO1. The van der Waals surface area contributed by atoms with E-state index in [1.54, 1.807) is 0 Å². The van der Waals surface area contributed by atoms with Gasteiger partial charge >= 0.3 is 0 Å². The van der Waals surface area contributed by atoms with E-state index in [1.165, 1.54) is 5.56 Å². The lowest BCUT2D eigenvalue weighted by Crippen LogP contribution is -2.49. The van der Waals surface area contributed by atoms with Crippen molar-refractivity contribution in [2.24, 2.45) is 0 Å². The van der Waals surface area contributed by atoms with Crippen LogP contribution in [0.4, 0.5) is 0 Å². The van der Waals surface area contributed by atoms with Crippen LogP contribution in [0, 0.1) is 0 Å². The molecule has 0 aromatic heterocycles. The molecule has 3 rings (SSSR count). The van der Waals surface area contributed by atoms with E-state index in [1.807, 2.05) is 18.2 Å². The fourth-order valence-electron chi connectivity index (χ4n) is 2.42. The first-order chi connectivity index (χ1) is 9.70. The van der Waals surface area contributed by atoms with Gasteiger partial charge in [0.2, 0.25) is 0 Å². The summed E-state index contributed by atoms with van der Waals surface area (Å²) in [7, 11) is 0. The highest BCUT2D eigenvalue weighted by molar-refractivity contribution is 6.30. The Morgan fingerprint density at radius 1 is 1.45 bits per heavy atom. The Bertz CT molecular complexity index is 491. The summed E-state index contributed by atoms with van der Waals surface area (Å²) in [5.74, 6) is 0.0308. The number of morpholine rings is 1. The second-order valence-corrected chi connectivity index (χ2v) is 5.94. The van der Waals surface area contributed by atoms with Crippen molar-refractivity contribution in [3.8, 4) is 0 Å². The standard InChI is InChI=1S/C15H19ClN2O2/c16-12-3-1-2-11(8-12)9-18-6-7-20-14(10-18)15(19)17-13-4-5-13/h1-3,8,13-14H,4-7,9-10H2,(H,17,19). The third-order valence-electron chi connectivity index (χ3n) is 3.66. The molecule has 5 heteroatoms. The highest BCUT2D eigenvalue weighted by Crippen LogP contribution is 2.20. The second kappa shape index (κ2) is 6.12. The zero-order chi connectivity index (χ0) is 13.9. The maximum absolute atomic E-state index is 12.0. The fourth-order valence-corrected chi connectivity index (χ4v) is 2.63. The molecular weight excluding hydrogens is 276 g/mol. The van der Waals surface area contributed by atoms with Gasteiger partial charge in [-0.1, -0.05) is 23.7 Å². The number of carbonyl (C=O) groups is 1. The molecule has 1 unspecified atom stereocenters. The van der Waals surface area contributed by atoms with Crippen LogP contribution in [0.25, 0.3) is 0 Å². The van der Waals surface area contributed by atoms with Crippen molar-refractivity contribution in [1.29, 1.82) is 0 Å². The third kappa shape index (κ3) is 3.72. The van der Waals surface area contributed by atoms with Crippen LogP contribution in [0.2, 0.25) is 5.02 Å². The predicted molar refractivity (Wildman–Crippen MR) is 77.6 cm³/mol. The number of hydrogen-bond acceptors (Lipinski definition) is 3. The van der Waals surface area contributed by atoms with Gasteiger partial charge in [0.25, 0.3) is 5.91 Å². The van der Waals surface area contributed by atoms with Gasteiger partial charge in [-0.25, -0.2) is 0 Å². The van der Waals surface area contributed by atoms with Crippen LogP contribution in [0.3, 0.4) is 0 Å². The average Bonchev–Trinajstić information content (AvgIpc) is 3.23. The monoisotopic (exact) mass is 294 g/mol. The molecule has 0 spiro atoms. The number of benzene rings is 1. The lowest BCUT2D eigenvalue weighted by Gasteiger charge is -2.32. The molecule has 4 nitrogen and oxygen atoms in total. The van der Waals surface area contributed by atoms with Gasteiger partial charge in [0.05, 0.1) is 6.61 Å². The second-order valence-electron chi connectivity index (χ2n) is 5.51. The van der Waals surface area contributed by atoms with Crippen molar-refractivity contribution in [1.82, 2.24) is 10.2 Å². The molecular formula is C15H19ClN2O2. The number of carbonyl (C=O) groups excluding carboxylic acids is 1. The molecule has 1 aromatic rings. The Hall–Kier alpha value is -1.10. The van der Waals surface area contributed by atoms with Crippen LogP contribution in [0.5, 0.6) is 0 Å². The first kappa shape index (κ1) is 13.9. The van der Waals surface area contributed by atoms with Gasteiger partial charge < -0.3 is 10.1 Å². The van der Waals surface area contributed by atoms with Gasteiger partial charge in [-0.15, -0.1) is 0 Å². The molecule has 0 radical (unpaired) electrons. The first-order valence-corrected chi connectivity index (χ1v) is 7.47. The summed E-state index contributed by atoms with van der Waals surface area (Å²) < 4.78 is 5.58. The first-order valence-electron chi connectivity index (χ1n) is 7.09. The van der Waals surface area contributed by atoms with Crippen LogP contribution in [0.15, 0.2) is 24.3 Å². The number of halogens is 1. The number of nitrogens with one attached hydrogen (secondary N) is 1. The zero-order valence-corrected chi connectivity index (χ0v) is 12.1. The highest BCUT2D eigenvalue weighted by Gasteiger charge is 2.31. The quantitative estimate of drug-likeness (QED) is 0.921. The Kier molecular flexibility index (Phi) is 4.24. The minimum absolute atomic E-state index is 0.0308. The molecule has 1 aliphatic carbocycles. The van der Waals surface area contributed by atoms with Crippen LogP contribution >= 0.6 is 11.6 Å². The molecule has 20 heavy (non-hydrogen) atoms. The molecule has 1 amide bonds. The molecule has 2 aliphatic rings. The van der Waals surface area contributed by atoms with Crippen molar-refractivity contribution < 1.29 is 9.53 Å². The number of amides is 1. The predicted octanol–water partition coefficient (Wildman–Crippen LogP) is 1.82. The lowest BCUT2D eigenvalue weighted by atomic mass is 10.2. The number of ether oxygens (including phenoxy) is 1. The fraction of sp³-hybridized carbons (Fsp3) is 0.533. The molecule has 0 bridgehead atoms. The van der Waals surface area contributed by atoms with E-state index in [2.05, 4.69) is 16.3 Å². The van der Waals surface area contributed by atoms with E-state index in [4.69, 9.17) is 16.3 Å². The van der Waals surface area contributed by atoms with Crippen LogP contribution in [0.1, 0.15) is 18.4 Å². The normalized spacial score (nSPS) is 23.6. The zero-order valence-electron chi connectivity index (χ0n) is 11.3. The van der Waals surface area contributed by atoms with Gasteiger partial charge in [-0.05, 0) is 30.5 Å². The lowest BCUT2D eigenvalue weighted by molar-refractivity contribution is -0.138. The van der Waals surface area contributed by atoms with Crippen LogP contribution in [-0.2, 0) is 16.1 Å².